The molecule has 2 heteroatoms. The molecule has 0 spiro atoms. The SMILES string of the molecule is CC(C)C1CNSC1. The Morgan fingerprint density at radius 3 is 2.62 bits per heavy atom. The van der Waals surface area contributed by atoms with Crippen molar-refractivity contribution in [2.24, 2.45) is 11.8 Å². The van der Waals surface area contributed by atoms with Crippen LogP contribution in [0.3, 0.4) is 0 Å². The Kier molecular flexibility index (Phi) is 2.20. The Morgan fingerprint density at radius 2 is 2.38 bits per heavy atom. The van der Waals surface area contributed by atoms with Crippen LogP contribution in [0.5, 0.6) is 0 Å². The van der Waals surface area contributed by atoms with Gasteiger partial charge in [0.25, 0.3) is 0 Å². The third kappa shape index (κ3) is 1.39. The lowest BCUT2D eigenvalue weighted by Crippen LogP contribution is -2.13. The van der Waals surface area contributed by atoms with Crippen LogP contribution in [-0.2, 0) is 0 Å². The fourth-order valence-electron chi connectivity index (χ4n) is 0.819. The molecule has 48 valence electrons. The molecule has 1 atom stereocenters. The number of rotatable bonds is 1. The van der Waals surface area contributed by atoms with Gasteiger partial charge < -0.3 is 0 Å². The van der Waals surface area contributed by atoms with E-state index in [9.17, 15) is 0 Å². The smallest absolute Gasteiger partial charge is 0.0122 e. The predicted molar refractivity (Wildman–Crippen MR) is 38.8 cm³/mol. The van der Waals surface area contributed by atoms with Crippen LogP contribution in [0.2, 0.25) is 0 Å². The Labute approximate surface area is 55.4 Å². The molecule has 1 aliphatic heterocycles. The quantitative estimate of drug-likeness (QED) is 0.541. The summed E-state index contributed by atoms with van der Waals surface area (Å²) in [6.45, 7) is 5.79. The largest absolute Gasteiger partial charge is 0.264 e. The molecule has 0 saturated carbocycles. The zero-order chi connectivity index (χ0) is 5.98. The maximum absolute atomic E-state index is 3.27. The number of hydrogen-bond acceptors (Lipinski definition) is 2. The average Bonchev–Trinajstić information content (AvgIpc) is 2.12. The van der Waals surface area contributed by atoms with Crippen LogP contribution in [0.4, 0.5) is 0 Å². The van der Waals surface area contributed by atoms with Gasteiger partial charge in [0.05, 0.1) is 0 Å². The molecule has 1 heterocycles. The topological polar surface area (TPSA) is 12.0 Å². The first kappa shape index (κ1) is 6.43. The minimum absolute atomic E-state index is 0.859. The Bertz CT molecular complexity index is 66.9. The lowest BCUT2D eigenvalue weighted by atomic mass is 9.99. The minimum Gasteiger partial charge on any atom is -0.264 e. The van der Waals surface area contributed by atoms with Gasteiger partial charge in [-0.05, 0) is 11.8 Å². The van der Waals surface area contributed by atoms with Gasteiger partial charge in [0.15, 0.2) is 0 Å². The van der Waals surface area contributed by atoms with Gasteiger partial charge in [-0.1, -0.05) is 25.8 Å². The summed E-state index contributed by atoms with van der Waals surface area (Å²) in [6.07, 6.45) is 0. The van der Waals surface area contributed by atoms with E-state index in [-0.39, 0.29) is 0 Å². The fraction of sp³-hybridized carbons (Fsp3) is 1.00. The molecule has 0 aromatic rings. The van der Waals surface area contributed by atoms with Crippen molar-refractivity contribution in [2.45, 2.75) is 13.8 Å². The van der Waals surface area contributed by atoms with Crippen LogP contribution >= 0.6 is 11.9 Å². The van der Waals surface area contributed by atoms with Crippen LogP contribution in [0.25, 0.3) is 0 Å². The molecule has 0 radical (unpaired) electrons. The molecule has 1 N–H and O–H groups in total. The molecule has 1 saturated heterocycles. The zero-order valence-corrected chi connectivity index (χ0v) is 6.29. The second-order valence-corrected chi connectivity index (χ2v) is 3.57. The Balaban J connectivity index is 2.24. The summed E-state index contributed by atoms with van der Waals surface area (Å²) in [5, 5.41) is 0. The van der Waals surface area contributed by atoms with Gasteiger partial charge in [-0.3, -0.25) is 4.72 Å². The van der Waals surface area contributed by atoms with E-state index in [1.54, 1.807) is 0 Å². The lowest BCUT2D eigenvalue weighted by Gasteiger charge is -2.09. The first-order valence-electron chi connectivity index (χ1n) is 3.15. The third-order valence-corrected chi connectivity index (χ3v) is 2.65. The van der Waals surface area contributed by atoms with Gasteiger partial charge in [0, 0.05) is 12.3 Å². The van der Waals surface area contributed by atoms with E-state index in [4.69, 9.17) is 0 Å². The zero-order valence-electron chi connectivity index (χ0n) is 5.48. The fourth-order valence-corrected chi connectivity index (χ4v) is 1.99. The second-order valence-electron chi connectivity index (χ2n) is 2.66. The molecule has 1 rings (SSSR count). The molecule has 1 nitrogen and oxygen atoms in total. The maximum Gasteiger partial charge on any atom is 0.0122 e. The minimum atomic E-state index is 0.859. The second kappa shape index (κ2) is 2.74. The average molecular weight is 131 g/mol. The van der Waals surface area contributed by atoms with E-state index in [0.717, 1.165) is 11.8 Å². The molecular weight excluding hydrogens is 118 g/mol. The van der Waals surface area contributed by atoms with Gasteiger partial charge in [0.1, 0.15) is 0 Å². The molecular formula is C6H13NS. The maximum atomic E-state index is 3.27. The summed E-state index contributed by atoms with van der Waals surface area (Å²) in [5.41, 5.74) is 0. The highest BCUT2D eigenvalue weighted by Gasteiger charge is 2.17. The van der Waals surface area contributed by atoms with Crippen molar-refractivity contribution in [3.05, 3.63) is 0 Å². The van der Waals surface area contributed by atoms with E-state index >= 15 is 0 Å². The van der Waals surface area contributed by atoms with Gasteiger partial charge in [-0.2, -0.15) is 0 Å². The summed E-state index contributed by atoms with van der Waals surface area (Å²) < 4.78 is 3.27. The van der Waals surface area contributed by atoms with Gasteiger partial charge in [-0.25, -0.2) is 0 Å². The highest BCUT2D eigenvalue weighted by molar-refractivity contribution is 7.97. The summed E-state index contributed by atoms with van der Waals surface area (Å²) >= 11 is 1.86. The molecule has 1 aliphatic rings. The molecule has 1 unspecified atom stereocenters. The van der Waals surface area contributed by atoms with E-state index in [1.165, 1.54) is 12.3 Å². The molecule has 0 aromatic carbocycles. The van der Waals surface area contributed by atoms with Crippen molar-refractivity contribution in [3.63, 3.8) is 0 Å². The predicted octanol–water partition coefficient (Wildman–Crippen LogP) is 1.51. The molecule has 0 amide bonds. The van der Waals surface area contributed by atoms with Crippen molar-refractivity contribution >= 4 is 11.9 Å². The standard InChI is InChI=1S/C6H13NS/c1-5(2)6-3-7-8-4-6/h5-7H,3-4H2,1-2H3. The summed E-state index contributed by atoms with van der Waals surface area (Å²) in [6, 6.07) is 0. The first-order valence-corrected chi connectivity index (χ1v) is 4.14. The number of hydrogen-bond donors (Lipinski definition) is 1. The van der Waals surface area contributed by atoms with Crippen molar-refractivity contribution in [1.29, 1.82) is 0 Å². The molecule has 0 aromatic heterocycles. The van der Waals surface area contributed by atoms with E-state index in [0.29, 0.717) is 0 Å². The van der Waals surface area contributed by atoms with Crippen molar-refractivity contribution in [1.82, 2.24) is 4.72 Å². The van der Waals surface area contributed by atoms with E-state index in [2.05, 4.69) is 18.6 Å². The summed E-state index contributed by atoms with van der Waals surface area (Å²) in [5.74, 6) is 3.08. The summed E-state index contributed by atoms with van der Waals surface area (Å²) in [4.78, 5) is 0. The van der Waals surface area contributed by atoms with E-state index < -0.39 is 0 Å². The van der Waals surface area contributed by atoms with Crippen molar-refractivity contribution < 1.29 is 0 Å². The van der Waals surface area contributed by atoms with E-state index in [1.807, 2.05) is 11.9 Å². The summed E-state index contributed by atoms with van der Waals surface area (Å²) in [7, 11) is 0. The van der Waals surface area contributed by atoms with Gasteiger partial charge >= 0.3 is 0 Å². The van der Waals surface area contributed by atoms with Crippen molar-refractivity contribution in [2.75, 3.05) is 12.3 Å². The van der Waals surface area contributed by atoms with Crippen molar-refractivity contribution in [3.8, 4) is 0 Å². The van der Waals surface area contributed by atoms with Crippen LogP contribution in [0.1, 0.15) is 13.8 Å². The van der Waals surface area contributed by atoms with Crippen LogP contribution < -0.4 is 4.72 Å². The van der Waals surface area contributed by atoms with Gasteiger partial charge in [-0.15, -0.1) is 0 Å². The van der Waals surface area contributed by atoms with Crippen LogP contribution in [0, 0.1) is 11.8 Å². The third-order valence-electron chi connectivity index (χ3n) is 1.69. The highest BCUT2D eigenvalue weighted by atomic mass is 32.2. The first-order chi connectivity index (χ1) is 3.80. The van der Waals surface area contributed by atoms with Crippen LogP contribution in [-0.4, -0.2) is 12.3 Å². The van der Waals surface area contributed by atoms with Gasteiger partial charge in [0.2, 0.25) is 0 Å². The molecule has 1 fully saturated rings. The normalized spacial score (nSPS) is 29.6. The molecule has 8 heavy (non-hydrogen) atoms. The highest BCUT2D eigenvalue weighted by Crippen LogP contribution is 2.20. The van der Waals surface area contributed by atoms with Crippen LogP contribution in [0.15, 0.2) is 0 Å². The molecule has 0 bridgehead atoms. The lowest BCUT2D eigenvalue weighted by molar-refractivity contribution is 0.443. The monoisotopic (exact) mass is 131 g/mol. The molecule has 0 aliphatic carbocycles. The Morgan fingerprint density at radius 1 is 1.62 bits per heavy atom. The Hall–Kier alpha value is 0.310. The number of nitrogens with one attached hydrogen (secondary N) is 1.